The summed E-state index contributed by atoms with van der Waals surface area (Å²) in [6, 6.07) is 0. The van der Waals surface area contributed by atoms with Gasteiger partial charge >= 0.3 is 0 Å². The minimum absolute atomic E-state index is 0.138. The summed E-state index contributed by atoms with van der Waals surface area (Å²) in [6.45, 7) is 0.362. The van der Waals surface area contributed by atoms with Gasteiger partial charge in [0.25, 0.3) is 0 Å². The topological polar surface area (TPSA) is 68.0 Å². The van der Waals surface area contributed by atoms with E-state index in [1.165, 1.54) is 32.1 Å². The molecule has 0 aliphatic heterocycles. The minimum Gasteiger partial charge on any atom is -0.423 e. The van der Waals surface area contributed by atoms with Crippen LogP contribution in [0.5, 0.6) is 0 Å². The van der Waals surface area contributed by atoms with Crippen LogP contribution in [0.1, 0.15) is 75.5 Å². The number of carbonyl (C=O) groups excluding carboxylic acids is 1. The average molecular weight is 394 g/mol. The maximum Gasteiger partial charge on any atom is 0.235 e. The van der Waals surface area contributed by atoms with Gasteiger partial charge in [-0.3, -0.25) is 4.79 Å². The molecule has 5 aliphatic carbocycles. The zero-order valence-corrected chi connectivity index (χ0v) is 15.5. The van der Waals surface area contributed by atoms with Crippen LogP contribution in [-0.4, -0.2) is 20.4 Å². The van der Waals surface area contributed by atoms with Crippen LogP contribution in [0.4, 0.5) is 0 Å². The van der Waals surface area contributed by atoms with Gasteiger partial charge in [0.1, 0.15) is 0 Å². The second kappa shape index (κ2) is 5.29. The molecular weight excluding hydrogens is 370 g/mol. The number of halogens is 1. The van der Waals surface area contributed by atoms with Crippen molar-refractivity contribution in [3.63, 3.8) is 0 Å². The predicted molar refractivity (Wildman–Crippen MR) is 91.5 cm³/mol. The number of nitrogens with zero attached hydrogens (tertiary/aromatic N) is 2. The maximum absolute atomic E-state index is 12.5. The normalized spacial score (nSPS) is 40.0. The molecule has 5 fully saturated rings. The summed E-state index contributed by atoms with van der Waals surface area (Å²) in [5.41, 5.74) is 0.214. The van der Waals surface area contributed by atoms with Gasteiger partial charge in [0.15, 0.2) is 0 Å². The van der Waals surface area contributed by atoms with Crippen molar-refractivity contribution in [3.05, 3.63) is 11.8 Å². The van der Waals surface area contributed by atoms with Crippen LogP contribution in [0.3, 0.4) is 0 Å². The van der Waals surface area contributed by atoms with Crippen LogP contribution in [0.2, 0.25) is 0 Å². The smallest absolute Gasteiger partial charge is 0.235 e. The van der Waals surface area contributed by atoms with Crippen molar-refractivity contribution in [1.29, 1.82) is 0 Å². The van der Waals surface area contributed by atoms with Crippen LogP contribution in [0.25, 0.3) is 0 Å². The van der Waals surface area contributed by atoms with Crippen molar-refractivity contribution in [3.8, 4) is 0 Å². The minimum atomic E-state index is 0.138. The first-order valence-electron chi connectivity index (χ1n) is 9.29. The Morgan fingerprint density at radius 3 is 2.62 bits per heavy atom. The Morgan fingerprint density at radius 1 is 1.21 bits per heavy atom. The van der Waals surface area contributed by atoms with Crippen molar-refractivity contribution < 1.29 is 9.21 Å². The van der Waals surface area contributed by atoms with Crippen molar-refractivity contribution in [2.75, 3.05) is 0 Å². The van der Waals surface area contributed by atoms with E-state index in [1.54, 1.807) is 0 Å². The molecule has 6 heteroatoms. The molecule has 130 valence electrons. The average Bonchev–Trinajstić information content (AvgIpc) is 3.21. The SMILES string of the molecule is O=C(CC12C[C@H]3C[C@@H](CC(Br)(C3)C1)C2)NCc1nnc(C2CC2)o1. The summed E-state index contributed by atoms with van der Waals surface area (Å²) < 4.78 is 5.93. The van der Waals surface area contributed by atoms with E-state index in [1.807, 2.05) is 0 Å². The Morgan fingerprint density at radius 2 is 1.96 bits per heavy atom. The van der Waals surface area contributed by atoms with E-state index in [9.17, 15) is 4.79 Å². The van der Waals surface area contributed by atoms with Gasteiger partial charge in [0.05, 0.1) is 6.54 Å². The van der Waals surface area contributed by atoms with Gasteiger partial charge in [-0.15, -0.1) is 10.2 Å². The van der Waals surface area contributed by atoms with E-state index in [0.29, 0.717) is 29.1 Å². The van der Waals surface area contributed by atoms with Gasteiger partial charge in [0, 0.05) is 16.7 Å². The molecule has 0 aromatic carbocycles. The first kappa shape index (κ1) is 15.4. The number of rotatable bonds is 5. The number of alkyl halides is 1. The van der Waals surface area contributed by atoms with E-state index in [-0.39, 0.29) is 11.3 Å². The molecule has 6 rings (SSSR count). The molecular formula is C18H24BrN3O2. The number of nitrogens with one attached hydrogen (secondary N) is 1. The molecule has 1 aromatic rings. The van der Waals surface area contributed by atoms with Crippen LogP contribution in [0, 0.1) is 17.3 Å². The molecule has 5 nitrogen and oxygen atoms in total. The number of aromatic nitrogens is 2. The van der Waals surface area contributed by atoms with E-state index >= 15 is 0 Å². The fourth-order valence-corrected chi connectivity index (χ4v) is 7.46. The summed E-state index contributed by atoms with van der Waals surface area (Å²) in [5.74, 6) is 3.50. The predicted octanol–water partition coefficient (Wildman–Crippen LogP) is 3.69. The number of carbonyl (C=O) groups is 1. The fourth-order valence-electron chi connectivity index (χ4n) is 5.95. The van der Waals surface area contributed by atoms with Gasteiger partial charge in [-0.25, -0.2) is 0 Å². The highest BCUT2D eigenvalue weighted by molar-refractivity contribution is 9.10. The number of hydrogen-bond donors (Lipinski definition) is 1. The molecule has 24 heavy (non-hydrogen) atoms. The lowest BCUT2D eigenvalue weighted by molar-refractivity contribution is -0.128. The summed E-state index contributed by atoms with van der Waals surface area (Å²) in [4.78, 5) is 12.5. The molecule has 1 amide bonds. The lowest BCUT2D eigenvalue weighted by Gasteiger charge is -2.60. The second-order valence-corrected chi connectivity index (χ2v) is 10.6. The highest BCUT2D eigenvalue weighted by atomic mass is 79.9. The van der Waals surface area contributed by atoms with Crippen molar-refractivity contribution in [1.82, 2.24) is 15.5 Å². The largest absolute Gasteiger partial charge is 0.423 e. The van der Waals surface area contributed by atoms with Gasteiger partial charge < -0.3 is 9.73 Å². The Bertz CT molecular complexity index is 655. The fraction of sp³-hybridized carbons (Fsp3) is 0.833. The zero-order valence-electron chi connectivity index (χ0n) is 13.9. The highest BCUT2D eigenvalue weighted by Crippen LogP contribution is 2.65. The zero-order chi connectivity index (χ0) is 16.4. The standard InChI is InChI=1S/C18H24BrN3O2/c19-18-6-11-3-12(7-18)5-17(4-11,10-18)8-14(23)20-9-15-21-22-16(24-15)13-1-2-13/h11-13H,1-10H2,(H,20,23)/t11-,12-,17?,18?/m1/s1. The van der Waals surface area contributed by atoms with E-state index in [2.05, 4.69) is 31.4 Å². The first-order chi connectivity index (χ1) is 11.5. The third-order valence-electron chi connectivity index (χ3n) is 6.49. The molecule has 1 aromatic heterocycles. The quantitative estimate of drug-likeness (QED) is 0.774. The van der Waals surface area contributed by atoms with Crippen LogP contribution < -0.4 is 5.32 Å². The molecule has 5 saturated carbocycles. The highest BCUT2D eigenvalue weighted by Gasteiger charge is 2.57. The lowest BCUT2D eigenvalue weighted by atomic mass is 9.48. The molecule has 0 radical (unpaired) electrons. The molecule has 4 bridgehead atoms. The van der Waals surface area contributed by atoms with Gasteiger partial charge in [0.2, 0.25) is 17.7 Å². The molecule has 2 atom stereocenters. The molecule has 1 heterocycles. The molecule has 0 spiro atoms. The number of amides is 1. The van der Waals surface area contributed by atoms with Crippen molar-refractivity contribution >= 4 is 21.8 Å². The van der Waals surface area contributed by atoms with Crippen LogP contribution >= 0.6 is 15.9 Å². The van der Waals surface area contributed by atoms with E-state index in [4.69, 9.17) is 4.42 Å². The summed E-state index contributed by atoms with van der Waals surface area (Å²) in [6.07, 6.45) is 10.6. The van der Waals surface area contributed by atoms with Gasteiger partial charge in [-0.05, 0) is 68.6 Å². The van der Waals surface area contributed by atoms with E-state index < -0.39 is 0 Å². The van der Waals surface area contributed by atoms with Gasteiger partial charge in [-0.2, -0.15) is 0 Å². The molecule has 0 saturated heterocycles. The Hall–Kier alpha value is -0.910. The van der Waals surface area contributed by atoms with Crippen LogP contribution in [0.15, 0.2) is 4.42 Å². The Labute approximate surface area is 150 Å². The van der Waals surface area contributed by atoms with Crippen molar-refractivity contribution in [2.45, 2.75) is 74.6 Å². The Balaban J connectivity index is 1.20. The van der Waals surface area contributed by atoms with Crippen LogP contribution in [-0.2, 0) is 11.3 Å². The van der Waals surface area contributed by atoms with Gasteiger partial charge in [-0.1, -0.05) is 15.9 Å². The summed E-state index contributed by atoms with van der Waals surface area (Å²) in [5, 5.41) is 11.1. The first-order valence-corrected chi connectivity index (χ1v) is 10.1. The van der Waals surface area contributed by atoms with E-state index in [0.717, 1.165) is 37.0 Å². The maximum atomic E-state index is 12.5. The lowest BCUT2D eigenvalue weighted by Crippen LogP contribution is -2.54. The molecule has 0 unspecified atom stereocenters. The monoisotopic (exact) mass is 393 g/mol. The third kappa shape index (κ3) is 2.80. The van der Waals surface area contributed by atoms with Crippen molar-refractivity contribution in [2.24, 2.45) is 17.3 Å². The second-order valence-electron chi connectivity index (χ2n) is 8.87. The molecule has 1 N–H and O–H groups in total. The molecule has 5 aliphatic rings. The summed E-state index contributed by atoms with van der Waals surface area (Å²) >= 11 is 4.02. The Kier molecular flexibility index (Phi) is 3.39. The number of hydrogen-bond acceptors (Lipinski definition) is 4. The third-order valence-corrected chi connectivity index (χ3v) is 7.42. The summed E-state index contributed by atoms with van der Waals surface area (Å²) in [7, 11) is 0.